The summed E-state index contributed by atoms with van der Waals surface area (Å²) in [5.74, 6) is 0.123. The molecule has 0 saturated carbocycles. The number of hydrogen-bond donors (Lipinski definition) is 2. The minimum Gasteiger partial charge on any atom is -0.361 e. The van der Waals surface area contributed by atoms with E-state index in [0.717, 1.165) is 16.5 Å². The molecular weight excluding hydrogens is 382 g/mol. The first kappa shape index (κ1) is 21.7. The van der Waals surface area contributed by atoms with Gasteiger partial charge < -0.3 is 25.0 Å². The molecule has 2 N–H and O–H groups in total. The second kappa shape index (κ2) is 10.1. The Hall–Kier alpha value is -3.03. The van der Waals surface area contributed by atoms with Gasteiger partial charge in [0.2, 0.25) is 11.8 Å². The zero-order chi connectivity index (χ0) is 21.5. The molecule has 2 aromatic rings. The van der Waals surface area contributed by atoms with Crippen LogP contribution in [0.1, 0.15) is 25.8 Å². The summed E-state index contributed by atoms with van der Waals surface area (Å²) in [7, 11) is 0. The lowest BCUT2D eigenvalue weighted by Crippen LogP contribution is -2.53. The molecule has 4 amide bonds. The number of urea groups is 1. The van der Waals surface area contributed by atoms with Crippen molar-refractivity contribution in [2.45, 2.75) is 26.7 Å². The van der Waals surface area contributed by atoms with Crippen molar-refractivity contribution < 1.29 is 14.4 Å². The van der Waals surface area contributed by atoms with Crippen molar-refractivity contribution in [3.63, 3.8) is 0 Å². The number of rotatable bonds is 7. The number of carbonyl (C=O) groups is 3. The highest BCUT2D eigenvalue weighted by Gasteiger charge is 2.24. The number of H-pyrrole nitrogens is 1. The molecule has 1 aliphatic heterocycles. The molecular formula is C22H31N5O3. The number of aromatic amines is 1. The molecule has 3 rings (SSSR count). The van der Waals surface area contributed by atoms with Crippen LogP contribution >= 0.6 is 0 Å². The SMILES string of the molecule is CCN(CC)C(=O)CCNC(=O)N1CCN(C(=O)Cc2c[nH]c3ccccc23)CC1. The fraction of sp³-hybridized carbons (Fsp3) is 0.500. The van der Waals surface area contributed by atoms with Gasteiger partial charge >= 0.3 is 6.03 Å². The predicted molar refractivity (Wildman–Crippen MR) is 116 cm³/mol. The molecule has 8 nitrogen and oxygen atoms in total. The molecule has 8 heteroatoms. The summed E-state index contributed by atoms with van der Waals surface area (Å²) in [6, 6.07) is 7.77. The van der Waals surface area contributed by atoms with Crippen LogP contribution in [0.3, 0.4) is 0 Å². The van der Waals surface area contributed by atoms with E-state index in [-0.39, 0.29) is 17.8 Å². The van der Waals surface area contributed by atoms with Crippen LogP contribution in [0.5, 0.6) is 0 Å². The Morgan fingerprint density at radius 2 is 1.70 bits per heavy atom. The van der Waals surface area contributed by atoms with Gasteiger partial charge in [-0.2, -0.15) is 0 Å². The van der Waals surface area contributed by atoms with Crippen LogP contribution in [0.25, 0.3) is 10.9 Å². The Labute approximate surface area is 177 Å². The summed E-state index contributed by atoms with van der Waals surface area (Å²) >= 11 is 0. The largest absolute Gasteiger partial charge is 0.361 e. The molecule has 162 valence electrons. The number of nitrogens with one attached hydrogen (secondary N) is 2. The van der Waals surface area contributed by atoms with Gasteiger partial charge in [0.15, 0.2) is 0 Å². The van der Waals surface area contributed by atoms with Crippen molar-refractivity contribution >= 4 is 28.7 Å². The summed E-state index contributed by atoms with van der Waals surface area (Å²) in [5.41, 5.74) is 2.02. The lowest BCUT2D eigenvalue weighted by atomic mass is 10.1. The molecule has 1 aromatic carbocycles. The Morgan fingerprint density at radius 1 is 1.03 bits per heavy atom. The highest BCUT2D eigenvalue weighted by atomic mass is 16.2. The van der Waals surface area contributed by atoms with E-state index >= 15 is 0 Å². The van der Waals surface area contributed by atoms with Gasteiger partial charge in [-0.3, -0.25) is 9.59 Å². The van der Waals surface area contributed by atoms with Crippen molar-refractivity contribution in [1.82, 2.24) is 25.0 Å². The van der Waals surface area contributed by atoms with Crippen LogP contribution in [0.2, 0.25) is 0 Å². The van der Waals surface area contributed by atoms with E-state index in [9.17, 15) is 14.4 Å². The number of hydrogen-bond acceptors (Lipinski definition) is 3. The van der Waals surface area contributed by atoms with Crippen molar-refractivity contribution in [3.8, 4) is 0 Å². The van der Waals surface area contributed by atoms with E-state index in [1.54, 1.807) is 9.80 Å². The predicted octanol–water partition coefficient (Wildman–Crippen LogP) is 1.82. The monoisotopic (exact) mass is 413 g/mol. The Kier molecular flexibility index (Phi) is 7.32. The molecule has 1 saturated heterocycles. The molecule has 0 atom stereocenters. The Morgan fingerprint density at radius 3 is 2.40 bits per heavy atom. The van der Waals surface area contributed by atoms with Crippen molar-refractivity contribution in [2.75, 3.05) is 45.8 Å². The number of para-hydroxylation sites is 1. The normalized spacial score (nSPS) is 14.1. The van der Waals surface area contributed by atoms with E-state index in [1.165, 1.54) is 0 Å². The highest BCUT2D eigenvalue weighted by molar-refractivity contribution is 5.89. The van der Waals surface area contributed by atoms with Crippen LogP contribution in [0.15, 0.2) is 30.5 Å². The van der Waals surface area contributed by atoms with Crippen molar-refractivity contribution in [1.29, 1.82) is 0 Å². The van der Waals surface area contributed by atoms with E-state index in [0.29, 0.717) is 58.7 Å². The zero-order valence-electron chi connectivity index (χ0n) is 17.8. The van der Waals surface area contributed by atoms with E-state index in [1.807, 2.05) is 49.2 Å². The maximum atomic E-state index is 12.7. The molecule has 0 aliphatic carbocycles. The number of fused-ring (bicyclic) bond motifs is 1. The molecule has 1 aliphatic rings. The fourth-order valence-corrected chi connectivity index (χ4v) is 3.83. The number of nitrogens with zero attached hydrogens (tertiary/aromatic N) is 3. The standard InChI is InChI=1S/C22H31N5O3/c1-3-25(4-2)20(28)9-10-23-22(30)27-13-11-26(12-14-27)21(29)15-17-16-24-19-8-6-5-7-18(17)19/h5-8,16,24H,3-4,9-15H2,1-2H3,(H,23,30). The van der Waals surface area contributed by atoms with Gasteiger partial charge in [-0.1, -0.05) is 18.2 Å². The number of carbonyl (C=O) groups excluding carboxylic acids is 3. The van der Waals surface area contributed by atoms with Crippen LogP contribution in [-0.2, 0) is 16.0 Å². The van der Waals surface area contributed by atoms with Crippen LogP contribution < -0.4 is 5.32 Å². The zero-order valence-corrected chi connectivity index (χ0v) is 17.8. The van der Waals surface area contributed by atoms with Crippen molar-refractivity contribution in [3.05, 3.63) is 36.0 Å². The van der Waals surface area contributed by atoms with Crippen molar-refractivity contribution in [2.24, 2.45) is 0 Å². The summed E-state index contributed by atoms with van der Waals surface area (Å²) in [6.45, 7) is 7.60. The van der Waals surface area contributed by atoms with E-state index in [4.69, 9.17) is 0 Å². The number of amides is 4. The Balaban J connectivity index is 1.42. The second-order valence-electron chi connectivity index (χ2n) is 7.45. The summed E-state index contributed by atoms with van der Waals surface area (Å²) in [6.07, 6.45) is 2.55. The van der Waals surface area contributed by atoms with E-state index < -0.39 is 0 Å². The highest BCUT2D eigenvalue weighted by Crippen LogP contribution is 2.19. The third-order valence-electron chi connectivity index (χ3n) is 5.67. The van der Waals surface area contributed by atoms with Gasteiger partial charge in [0.25, 0.3) is 0 Å². The molecule has 0 spiro atoms. The summed E-state index contributed by atoms with van der Waals surface area (Å²) in [4.78, 5) is 45.5. The maximum absolute atomic E-state index is 12.7. The molecule has 0 bridgehead atoms. The van der Waals surface area contributed by atoms with Gasteiger partial charge in [-0.25, -0.2) is 4.79 Å². The summed E-state index contributed by atoms with van der Waals surface area (Å²) < 4.78 is 0. The average molecular weight is 414 g/mol. The van der Waals surface area contributed by atoms with Crippen LogP contribution in [0.4, 0.5) is 4.79 Å². The third-order valence-corrected chi connectivity index (χ3v) is 5.67. The quantitative estimate of drug-likeness (QED) is 0.726. The average Bonchev–Trinajstić information content (AvgIpc) is 3.17. The van der Waals surface area contributed by atoms with Gasteiger partial charge in [0.1, 0.15) is 0 Å². The first-order chi connectivity index (χ1) is 14.5. The number of aromatic nitrogens is 1. The number of benzene rings is 1. The molecule has 1 aromatic heterocycles. The van der Waals surface area contributed by atoms with Gasteiger partial charge in [-0.15, -0.1) is 0 Å². The first-order valence-corrected chi connectivity index (χ1v) is 10.7. The molecule has 0 unspecified atom stereocenters. The molecule has 0 radical (unpaired) electrons. The summed E-state index contributed by atoms with van der Waals surface area (Å²) in [5, 5.41) is 3.89. The third kappa shape index (κ3) is 5.11. The topological polar surface area (TPSA) is 88.8 Å². The van der Waals surface area contributed by atoms with Gasteiger partial charge in [0, 0.05) is 69.3 Å². The number of piperazine rings is 1. The minimum absolute atomic E-state index is 0.0491. The molecule has 1 fully saturated rings. The fourth-order valence-electron chi connectivity index (χ4n) is 3.83. The molecule has 2 heterocycles. The Bertz CT molecular complexity index is 882. The maximum Gasteiger partial charge on any atom is 0.317 e. The minimum atomic E-state index is -0.175. The lowest BCUT2D eigenvalue weighted by Gasteiger charge is -2.34. The second-order valence-corrected chi connectivity index (χ2v) is 7.45. The lowest BCUT2D eigenvalue weighted by molar-refractivity contribution is -0.132. The smallest absolute Gasteiger partial charge is 0.317 e. The molecule has 30 heavy (non-hydrogen) atoms. The van der Waals surface area contributed by atoms with E-state index in [2.05, 4.69) is 10.3 Å². The van der Waals surface area contributed by atoms with Gasteiger partial charge in [-0.05, 0) is 25.5 Å². The first-order valence-electron chi connectivity index (χ1n) is 10.7. The van der Waals surface area contributed by atoms with Crippen LogP contribution in [-0.4, -0.2) is 83.3 Å². The van der Waals surface area contributed by atoms with Gasteiger partial charge in [0.05, 0.1) is 6.42 Å². The van der Waals surface area contributed by atoms with Crippen LogP contribution in [0, 0.1) is 0 Å².